The smallest absolute Gasteiger partial charge is 0.221 e. The van der Waals surface area contributed by atoms with E-state index in [0.29, 0.717) is 24.5 Å². The van der Waals surface area contributed by atoms with Crippen LogP contribution in [0.1, 0.15) is 32.2 Å². The highest BCUT2D eigenvalue weighted by Crippen LogP contribution is 2.25. The number of aliphatic imine (C=N–C) groups is 1. The standard InChI is InChI=1S/C19H29N7O2/c1-5-18-25-23-13-26(18)10-9-21-19(20-6-2)22-12-15-7-8-17(28-4)16(11-15)24-14(3)27/h7-8,11,13H,5-6,9-10,12H2,1-4H3,(H,24,27)(H2,20,21,22). The third-order valence-electron chi connectivity index (χ3n) is 4.00. The van der Waals surface area contributed by atoms with Gasteiger partial charge in [0.2, 0.25) is 5.91 Å². The van der Waals surface area contributed by atoms with Crippen molar-refractivity contribution < 1.29 is 9.53 Å². The molecule has 0 aliphatic heterocycles. The maximum absolute atomic E-state index is 11.4. The Morgan fingerprint density at radius 3 is 2.79 bits per heavy atom. The third kappa shape index (κ3) is 6.26. The fraction of sp³-hybridized carbons (Fsp3) is 0.474. The highest BCUT2D eigenvalue weighted by atomic mass is 16.5. The van der Waals surface area contributed by atoms with Crippen LogP contribution in [0.4, 0.5) is 5.69 Å². The van der Waals surface area contributed by atoms with E-state index in [-0.39, 0.29) is 5.91 Å². The highest BCUT2D eigenvalue weighted by Gasteiger charge is 2.07. The second kappa shape index (κ2) is 10.9. The summed E-state index contributed by atoms with van der Waals surface area (Å²) in [6.07, 6.45) is 2.59. The molecular formula is C19H29N7O2. The molecule has 2 aromatic rings. The predicted molar refractivity (Wildman–Crippen MR) is 110 cm³/mol. The number of rotatable bonds is 9. The van der Waals surface area contributed by atoms with Gasteiger partial charge in [-0.05, 0) is 24.6 Å². The number of benzene rings is 1. The SMILES string of the molecule is CCNC(=NCc1ccc(OC)c(NC(C)=O)c1)NCCn1cnnc1CC. The average Bonchev–Trinajstić information content (AvgIpc) is 3.13. The van der Waals surface area contributed by atoms with Crippen LogP contribution in [0.3, 0.4) is 0 Å². The molecule has 1 amide bonds. The van der Waals surface area contributed by atoms with Crippen molar-refractivity contribution in [3.05, 3.63) is 35.9 Å². The fourth-order valence-electron chi connectivity index (χ4n) is 2.69. The number of methoxy groups -OCH3 is 1. The monoisotopic (exact) mass is 387 g/mol. The number of ether oxygens (including phenoxy) is 1. The molecule has 0 radical (unpaired) electrons. The number of guanidine groups is 1. The molecule has 28 heavy (non-hydrogen) atoms. The summed E-state index contributed by atoms with van der Waals surface area (Å²) in [5.74, 6) is 2.17. The van der Waals surface area contributed by atoms with Crippen LogP contribution in [0.5, 0.6) is 5.75 Å². The molecule has 0 aliphatic rings. The van der Waals surface area contributed by atoms with Gasteiger partial charge in [0.05, 0.1) is 19.3 Å². The minimum Gasteiger partial charge on any atom is -0.495 e. The number of aryl methyl sites for hydroxylation is 1. The molecule has 152 valence electrons. The maximum atomic E-state index is 11.4. The Bertz CT molecular complexity index is 801. The quantitative estimate of drug-likeness (QED) is 0.445. The molecular weight excluding hydrogens is 358 g/mol. The van der Waals surface area contributed by atoms with Gasteiger partial charge in [0.25, 0.3) is 0 Å². The number of amides is 1. The van der Waals surface area contributed by atoms with Crippen LogP contribution in [-0.2, 0) is 24.3 Å². The lowest BCUT2D eigenvalue weighted by atomic mass is 10.2. The summed E-state index contributed by atoms with van der Waals surface area (Å²) in [7, 11) is 1.57. The summed E-state index contributed by atoms with van der Waals surface area (Å²) in [6, 6.07) is 5.63. The Morgan fingerprint density at radius 1 is 1.29 bits per heavy atom. The number of hydrogen-bond acceptors (Lipinski definition) is 5. The average molecular weight is 387 g/mol. The number of nitrogens with one attached hydrogen (secondary N) is 3. The highest BCUT2D eigenvalue weighted by molar-refractivity contribution is 5.90. The van der Waals surface area contributed by atoms with E-state index in [1.807, 2.05) is 29.7 Å². The second-order valence-electron chi connectivity index (χ2n) is 6.13. The van der Waals surface area contributed by atoms with Gasteiger partial charge in [0.15, 0.2) is 5.96 Å². The first-order valence-corrected chi connectivity index (χ1v) is 9.40. The maximum Gasteiger partial charge on any atom is 0.221 e. The summed E-state index contributed by atoms with van der Waals surface area (Å²) >= 11 is 0. The topological polar surface area (TPSA) is 105 Å². The Morgan fingerprint density at radius 2 is 2.11 bits per heavy atom. The van der Waals surface area contributed by atoms with E-state index in [9.17, 15) is 4.79 Å². The molecule has 1 aromatic heterocycles. The Balaban J connectivity index is 2.00. The zero-order chi connectivity index (χ0) is 20.4. The molecule has 1 aromatic carbocycles. The predicted octanol–water partition coefficient (Wildman–Crippen LogP) is 1.56. The first kappa shape index (κ1) is 21.2. The van der Waals surface area contributed by atoms with Gasteiger partial charge in [-0.25, -0.2) is 4.99 Å². The molecule has 0 saturated carbocycles. The largest absolute Gasteiger partial charge is 0.495 e. The van der Waals surface area contributed by atoms with E-state index in [0.717, 1.165) is 36.9 Å². The van der Waals surface area contributed by atoms with Crippen molar-refractivity contribution in [2.45, 2.75) is 40.3 Å². The van der Waals surface area contributed by atoms with Crippen LogP contribution < -0.4 is 20.7 Å². The van der Waals surface area contributed by atoms with E-state index in [2.05, 4.69) is 38.1 Å². The molecule has 0 atom stereocenters. The first-order valence-electron chi connectivity index (χ1n) is 9.40. The lowest BCUT2D eigenvalue weighted by molar-refractivity contribution is -0.114. The molecule has 0 spiro atoms. The Labute approximate surface area is 165 Å². The van der Waals surface area contributed by atoms with Gasteiger partial charge in [0, 0.05) is 33.0 Å². The lowest BCUT2D eigenvalue weighted by Gasteiger charge is -2.13. The van der Waals surface area contributed by atoms with Crippen molar-refractivity contribution in [3.8, 4) is 5.75 Å². The van der Waals surface area contributed by atoms with Gasteiger partial charge in [-0.1, -0.05) is 13.0 Å². The van der Waals surface area contributed by atoms with E-state index in [1.54, 1.807) is 13.4 Å². The number of aromatic nitrogens is 3. The number of anilines is 1. The molecule has 9 nitrogen and oxygen atoms in total. The Hall–Kier alpha value is -3.10. The number of hydrogen-bond donors (Lipinski definition) is 3. The van der Waals surface area contributed by atoms with E-state index < -0.39 is 0 Å². The second-order valence-corrected chi connectivity index (χ2v) is 6.13. The van der Waals surface area contributed by atoms with Crippen LogP contribution in [0.2, 0.25) is 0 Å². The summed E-state index contributed by atoms with van der Waals surface area (Å²) in [4.78, 5) is 16.0. The summed E-state index contributed by atoms with van der Waals surface area (Å²) in [5, 5.41) is 17.4. The van der Waals surface area contributed by atoms with Crippen molar-refractivity contribution in [3.63, 3.8) is 0 Å². The van der Waals surface area contributed by atoms with Gasteiger partial charge < -0.3 is 25.3 Å². The molecule has 2 rings (SSSR count). The fourth-order valence-corrected chi connectivity index (χ4v) is 2.69. The summed E-state index contributed by atoms with van der Waals surface area (Å²) < 4.78 is 7.31. The summed E-state index contributed by atoms with van der Waals surface area (Å²) in [6.45, 7) is 8.25. The normalized spacial score (nSPS) is 11.2. The molecule has 0 aliphatic carbocycles. The lowest BCUT2D eigenvalue weighted by Crippen LogP contribution is -2.38. The van der Waals surface area contributed by atoms with Gasteiger partial charge in [-0.3, -0.25) is 4.79 Å². The van der Waals surface area contributed by atoms with Crippen molar-refractivity contribution >= 4 is 17.6 Å². The zero-order valence-corrected chi connectivity index (χ0v) is 17.0. The molecule has 0 bridgehead atoms. The van der Waals surface area contributed by atoms with Crippen molar-refractivity contribution in [2.75, 3.05) is 25.5 Å². The van der Waals surface area contributed by atoms with Gasteiger partial charge >= 0.3 is 0 Å². The minimum absolute atomic E-state index is 0.144. The third-order valence-corrected chi connectivity index (χ3v) is 4.00. The van der Waals surface area contributed by atoms with Crippen molar-refractivity contribution in [1.29, 1.82) is 0 Å². The van der Waals surface area contributed by atoms with E-state index >= 15 is 0 Å². The Kier molecular flexibility index (Phi) is 8.26. The van der Waals surface area contributed by atoms with Crippen LogP contribution >= 0.6 is 0 Å². The molecule has 0 saturated heterocycles. The molecule has 9 heteroatoms. The molecule has 1 heterocycles. The number of nitrogens with zero attached hydrogens (tertiary/aromatic N) is 4. The molecule has 0 fully saturated rings. The number of carbonyl (C=O) groups excluding carboxylic acids is 1. The van der Waals surface area contributed by atoms with E-state index in [1.165, 1.54) is 6.92 Å². The van der Waals surface area contributed by atoms with Crippen LogP contribution in [0, 0.1) is 0 Å². The first-order chi connectivity index (χ1) is 13.6. The minimum atomic E-state index is -0.144. The van der Waals surface area contributed by atoms with Crippen molar-refractivity contribution in [1.82, 2.24) is 25.4 Å². The molecule has 3 N–H and O–H groups in total. The van der Waals surface area contributed by atoms with Gasteiger partial charge in [0.1, 0.15) is 17.9 Å². The van der Waals surface area contributed by atoms with Gasteiger partial charge in [-0.2, -0.15) is 0 Å². The van der Waals surface area contributed by atoms with E-state index in [4.69, 9.17) is 4.74 Å². The van der Waals surface area contributed by atoms with Crippen LogP contribution in [-0.4, -0.2) is 46.8 Å². The van der Waals surface area contributed by atoms with Crippen LogP contribution in [0.25, 0.3) is 0 Å². The molecule has 0 unspecified atom stereocenters. The zero-order valence-electron chi connectivity index (χ0n) is 17.0. The number of carbonyl (C=O) groups is 1. The summed E-state index contributed by atoms with van der Waals surface area (Å²) in [5.41, 5.74) is 1.61. The van der Waals surface area contributed by atoms with Crippen LogP contribution in [0.15, 0.2) is 29.5 Å². The van der Waals surface area contributed by atoms with Crippen molar-refractivity contribution in [2.24, 2.45) is 4.99 Å². The van der Waals surface area contributed by atoms with Gasteiger partial charge in [-0.15, -0.1) is 10.2 Å².